The van der Waals surface area contributed by atoms with Gasteiger partial charge in [0.1, 0.15) is 17.2 Å². The van der Waals surface area contributed by atoms with E-state index in [1.165, 1.54) is 24.3 Å². The Morgan fingerprint density at radius 1 is 1.09 bits per heavy atom. The van der Waals surface area contributed by atoms with Crippen molar-refractivity contribution in [1.82, 2.24) is 15.6 Å². The molecule has 3 unspecified atom stereocenters. The second-order valence-corrected chi connectivity index (χ2v) is 9.19. The minimum atomic E-state index is -4.68. The molecule has 3 atom stereocenters. The van der Waals surface area contributed by atoms with Crippen molar-refractivity contribution in [2.45, 2.75) is 56.0 Å². The molecule has 1 saturated carbocycles. The number of halogens is 6. The number of fused-ring (bicyclic) bond motifs is 1. The normalized spacial score (nSPS) is 28.9. The van der Waals surface area contributed by atoms with Crippen molar-refractivity contribution in [3.05, 3.63) is 64.7 Å². The molecule has 2 heterocycles. The Morgan fingerprint density at radius 2 is 1.86 bits per heavy atom. The highest BCUT2D eigenvalue weighted by molar-refractivity contribution is 6.09. The fraction of sp³-hybridized carbons (Fsp3) is 0.435. The number of aromatic nitrogens is 1. The number of hydrogen-bond donors (Lipinski definition) is 3. The quantitative estimate of drug-likeness (QED) is 0.565. The van der Waals surface area contributed by atoms with Gasteiger partial charge in [-0.1, -0.05) is 12.1 Å². The van der Waals surface area contributed by atoms with Gasteiger partial charge >= 0.3 is 6.18 Å². The molecule has 0 bridgehead atoms. The number of nitrogens with zero attached hydrogens (tertiary/aromatic N) is 3. The van der Waals surface area contributed by atoms with Crippen LogP contribution in [0.1, 0.15) is 41.8 Å². The molecule has 3 aliphatic rings. The van der Waals surface area contributed by atoms with Gasteiger partial charge in [0.2, 0.25) is 5.92 Å². The Balaban J connectivity index is 1.49. The fourth-order valence-corrected chi connectivity index (χ4v) is 4.84. The molecular weight excluding hydrogens is 474 g/mol. The Hall–Kier alpha value is -3.15. The summed E-state index contributed by atoms with van der Waals surface area (Å²) in [5, 5.41) is 5.72. The third-order valence-corrected chi connectivity index (χ3v) is 6.55. The number of nitrogens with one attached hydrogen (secondary N) is 2. The number of rotatable bonds is 3. The maximum atomic E-state index is 14.0. The molecule has 4 N–H and O–H groups in total. The van der Waals surface area contributed by atoms with Crippen LogP contribution in [-0.4, -0.2) is 34.5 Å². The van der Waals surface area contributed by atoms with Gasteiger partial charge in [-0.25, -0.2) is 28.1 Å². The Bertz CT molecular complexity index is 1210. The highest BCUT2D eigenvalue weighted by Crippen LogP contribution is 2.43. The van der Waals surface area contributed by atoms with Crippen LogP contribution in [0.25, 0.3) is 0 Å². The molecule has 6 nitrogen and oxygen atoms in total. The average Bonchev–Trinajstić information content (AvgIpc) is 3.35. The number of nitrogens with two attached hydrogens (primary N) is 1. The van der Waals surface area contributed by atoms with Gasteiger partial charge in [0.15, 0.2) is 17.6 Å². The van der Waals surface area contributed by atoms with Crippen LogP contribution in [0, 0.1) is 11.7 Å². The first-order valence-electron chi connectivity index (χ1n) is 11.1. The van der Waals surface area contributed by atoms with Crippen molar-refractivity contribution < 1.29 is 26.3 Å². The third-order valence-electron chi connectivity index (χ3n) is 6.55. The lowest BCUT2D eigenvalue weighted by atomic mass is 9.98. The maximum absolute atomic E-state index is 14.0. The molecule has 1 fully saturated rings. The number of aliphatic imine (C=N–C) groups is 2. The molecule has 35 heavy (non-hydrogen) atoms. The van der Waals surface area contributed by atoms with Crippen LogP contribution in [0.5, 0.6) is 0 Å². The van der Waals surface area contributed by atoms with Gasteiger partial charge in [0.05, 0.1) is 6.04 Å². The lowest BCUT2D eigenvalue weighted by Gasteiger charge is -2.38. The van der Waals surface area contributed by atoms with Crippen molar-refractivity contribution in [2.75, 3.05) is 0 Å². The monoisotopic (exact) mass is 496 g/mol. The van der Waals surface area contributed by atoms with Crippen LogP contribution < -0.4 is 16.4 Å². The van der Waals surface area contributed by atoms with E-state index in [1.807, 2.05) is 0 Å². The van der Waals surface area contributed by atoms with Crippen LogP contribution in [0.4, 0.5) is 26.3 Å². The summed E-state index contributed by atoms with van der Waals surface area (Å²) in [5.41, 5.74) is 6.91. The first-order chi connectivity index (χ1) is 16.4. The number of amidine groups is 1. The van der Waals surface area contributed by atoms with E-state index < -0.39 is 35.9 Å². The van der Waals surface area contributed by atoms with Gasteiger partial charge in [-0.15, -0.1) is 0 Å². The van der Waals surface area contributed by atoms with E-state index in [2.05, 4.69) is 25.6 Å². The largest absolute Gasteiger partial charge is 0.433 e. The molecule has 0 amide bonds. The van der Waals surface area contributed by atoms with Gasteiger partial charge in [0, 0.05) is 18.8 Å². The van der Waals surface area contributed by atoms with Gasteiger partial charge in [0.25, 0.3) is 0 Å². The number of alkyl halides is 5. The van der Waals surface area contributed by atoms with Gasteiger partial charge in [-0.2, -0.15) is 13.2 Å². The molecular formula is C23H22F6N6. The number of hydrogen-bond acceptors (Lipinski definition) is 4. The van der Waals surface area contributed by atoms with Gasteiger partial charge < -0.3 is 10.6 Å². The summed E-state index contributed by atoms with van der Waals surface area (Å²) in [4.78, 5) is 12.6. The summed E-state index contributed by atoms with van der Waals surface area (Å²) in [6, 6.07) is 7.48. The first kappa shape index (κ1) is 23.6. The smallest absolute Gasteiger partial charge is 0.319 e. The van der Waals surface area contributed by atoms with Crippen LogP contribution in [0.15, 0.2) is 46.4 Å². The topological polar surface area (TPSA) is 87.7 Å². The summed E-state index contributed by atoms with van der Waals surface area (Å²) in [5.74, 6) is -5.81. The highest BCUT2D eigenvalue weighted by atomic mass is 19.4. The average molecular weight is 496 g/mol. The van der Waals surface area contributed by atoms with E-state index in [4.69, 9.17) is 5.73 Å². The Labute approximate surface area is 196 Å². The van der Waals surface area contributed by atoms with E-state index in [0.29, 0.717) is 12.8 Å². The van der Waals surface area contributed by atoms with E-state index in [1.54, 1.807) is 6.07 Å². The zero-order chi connectivity index (χ0) is 25.0. The van der Waals surface area contributed by atoms with Crippen LogP contribution >= 0.6 is 0 Å². The van der Waals surface area contributed by atoms with E-state index in [0.717, 1.165) is 17.2 Å². The molecule has 1 aromatic heterocycles. The van der Waals surface area contributed by atoms with E-state index in [-0.39, 0.29) is 42.2 Å². The van der Waals surface area contributed by atoms with Crippen molar-refractivity contribution in [2.24, 2.45) is 21.6 Å². The summed E-state index contributed by atoms with van der Waals surface area (Å²) < 4.78 is 81.3. The molecule has 1 aliphatic heterocycles. The van der Waals surface area contributed by atoms with Crippen molar-refractivity contribution in [3.63, 3.8) is 0 Å². The number of pyridine rings is 1. The van der Waals surface area contributed by atoms with Gasteiger partial charge in [-0.05, 0) is 54.7 Å². The zero-order valence-corrected chi connectivity index (χ0v) is 18.3. The third kappa shape index (κ3) is 4.84. The molecule has 186 valence electrons. The second kappa shape index (κ2) is 8.21. The molecule has 0 saturated heterocycles. The Kier molecular flexibility index (Phi) is 5.53. The van der Waals surface area contributed by atoms with E-state index in [9.17, 15) is 26.3 Å². The first-order valence-corrected chi connectivity index (χ1v) is 11.1. The lowest BCUT2D eigenvalue weighted by molar-refractivity contribution is -0.141. The predicted molar refractivity (Wildman–Crippen MR) is 116 cm³/mol. The maximum Gasteiger partial charge on any atom is 0.433 e. The lowest BCUT2D eigenvalue weighted by Crippen LogP contribution is -2.66. The van der Waals surface area contributed by atoms with Crippen molar-refractivity contribution in [1.29, 1.82) is 0 Å². The fourth-order valence-electron chi connectivity index (χ4n) is 4.84. The van der Waals surface area contributed by atoms with Crippen LogP contribution in [0.2, 0.25) is 0 Å². The van der Waals surface area contributed by atoms with Gasteiger partial charge in [-0.3, -0.25) is 5.73 Å². The minimum Gasteiger partial charge on any atom is -0.319 e. The predicted octanol–water partition coefficient (Wildman–Crippen LogP) is 3.75. The molecule has 0 spiro atoms. The van der Waals surface area contributed by atoms with Crippen LogP contribution in [-0.2, 0) is 19.0 Å². The number of guanidine groups is 1. The number of benzene rings is 1. The second-order valence-electron chi connectivity index (χ2n) is 9.19. The minimum absolute atomic E-state index is 0.0741. The summed E-state index contributed by atoms with van der Waals surface area (Å²) >= 11 is 0. The molecule has 5 rings (SSSR count). The van der Waals surface area contributed by atoms with Crippen molar-refractivity contribution in [3.8, 4) is 0 Å². The molecule has 2 aliphatic carbocycles. The highest BCUT2D eigenvalue weighted by Gasteiger charge is 2.50. The molecule has 0 radical (unpaired) electrons. The molecule has 2 aromatic rings. The SMILES string of the molecule is NC1(C2CCC(F)(F)C2)N=C(c2cccc(C(F)(F)F)n2)NC(=NC2Cc3ccc(F)cc3C2)N1. The summed E-state index contributed by atoms with van der Waals surface area (Å²) in [6.45, 7) is 0. The molecule has 1 aromatic carbocycles. The summed E-state index contributed by atoms with van der Waals surface area (Å²) in [7, 11) is 0. The van der Waals surface area contributed by atoms with Crippen LogP contribution in [0.3, 0.4) is 0 Å². The standard InChI is InChI=1S/C23H22F6N6/c24-15-5-4-12-9-16(10-13(12)8-15)31-20-33-19(17-2-1-3-18(32-17)22(27,28)29)34-23(30,35-20)14-6-7-21(25,26)11-14/h1-5,8,14,16H,6-7,9-11,30H2,(H2,31,33,34,35). The van der Waals surface area contributed by atoms with E-state index >= 15 is 0 Å². The van der Waals surface area contributed by atoms with Crippen molar-refractivity contribution >= 4 is 11.8 Å². The Morgan fingerprint density at radius 3 is 2.57 bits per heavy atom. The molecule has 12 heteroatoms. The summed E-state index contributed by atoms with van der Waals surface area (Å²) in [6.07, 6.45) is -4.55. The zero-order valence-electron chi connectivity index (χ0n) is 18.3.